The molecule has 1 amide bonds. The molecule has 1 aliphatic heterocycles. The SMILES string of the molecule is C#CC(C)N1CCCC(C(=O)NCCN)C1. The summed E-state index contributed by atoms with van der Waals surface area (Å²) in [5.74, 6) is 2.89. The summed E-state index contributed by atoms with van der Waals surface area (Å²) in [6.45, 7) is 4.80. The second kappa shape index (κ2) is 6.51. The van der Waals surface area contributed by atoms with Gasteiger partial charge in [-0.25, -0.2) is 0 Å². The summed E-state index contributed by atoms with van der Waals surface area (Å²) >= 11 is 0. The van der Waals surface area contributed by atoms with E-state index in [1.54, 1.807) is 0 Å². The highest BCUT2D eigenvalue weighted by molar-refractivity contribution is 5.78. The van der Waals surface area contributed by atoms with Crippen LogP contribution in [-0.2, 0) is 4.79 Å². The number of nitrogens with one attached hydrogen (secondary N) is 1. The fourth-order valence-corrected chi connectivity index (χ4v) is 2.02. The second-order valence-corrected chi connectivity index (χ2v) is 4.26. The van der Waals surface area contributed by atoms with Crippen LogP contribution in [0.1, 0.15) is 19.8 Å². The highest BCUT2D eigenvalue weighted by atomic mass is 16.1. The number of piperidine rings is 1. The zero-order valence-corrected chi connectivity index (χ0v) is 9.91. The van der Waals surface area contributed by atoms with Crippen molar-refractivity contribution in [2.24, 2.45) is 11.7 Å². The summed E-state index contributed by atoms with van der Waals surface area (Å²) in [7, 11) is 0. The molecule has 2 atom stereocenters. The largest absolute Gasteiger partial charge is 0.355 e. The highest BCUT2D eigenvalue weighted by Crippen LogP contribution is 2.18. The van der Waals surface area contributed by atoms with Gasteiger partial charge in [-0.15, -0.1) is 6.42 Å². The molecule has 0 radical (unpaired) electrons. The number of hydrogen-bond acceptors (Lipinski definition) is 3. The predicted octanol–water partition coefficient (Wildman–Crippen LogP) is -0.205. The van der Waals surface area contributed by atoms with Gasteiger partial charge in [-0.05, 0) is 26.3 Å². The average molecular weight is 223 g/mol. The minimum atomic E-state index is 0.0658. The van der Waals surface area contributed by atoms with Gasteiger partial charge in [-0.1, -0.05) is 5.92 Å². The van der Waals surface area contributed by atoms with Crippen molar-refractivity contribution in [2.75, 3.05) is 26.2 Å². The van der Waals surface area contributed by atoms with E-state index in [1.165, 1.54) is 0 Å². The van der Waals surface area contributed by atoms with Gasteiger partial charge in [0.2, 0.25) is 5.91 Å². The fraction of sp³-hybridized carbons (Fsp3) is 0.750. The number of carbonyl (C=O) groups excluding carboxylic acids is 1. The van der Waals surface area contributed by atoms with Gasteiger partial charge in [-0.2, -0.15) is 0 Å². The third-order valence-corrected chi connectivity index (χ3v) is 3.06. The third kappa shape index (κ3) is 3.51. The van der Waals surface area contributed by atoms with Crippen LogP contribution in [0.4, 0.5) is 0 Å². The number of rotatable bonds is 4. The maximum Gasteiger partial charge on any atom is 0.224 e. The fourth-order valence-electron chi connectivity index (χ4n) is 2.02. The maximum atomic E-state index is 11.8. The Hall–Kier alpha value is -1.05. The van der Waals surface area contributed by atoms with Gasteiger partial charge in [0.15, 0.2) is 0 Å². The Bertz CT molecular complexity index is 272. The smallest absolute Gasteiger partial charge is 0.224 e. The summed E-state index contributed by atoms with van der Waals surface area (Å²) < 4.78 is 0. The molecule has 0 aromatic heterocycles. The zero-order valence-electron chi connectivity index (χ0n) is 9.91. The first-order chi connectivity index (χ1) is 7.69. The van der Waals surface area contributed by atoms with Crippen molar-refractivity contribution < 1.29 is 4.79 Å². The van der Waals surface area contributed by atoms with Crippen molar-refractivity contribution in [1.29, 1.82) is 0 Å². The summed E-state index contributed by atoms with van der Waals surface area (Å²) in [5.41, 5.74) is 5.35. The molecule has 1 saturated heterocycles. The monoisotopic (exact) mass is 223 g/mol. The van der Waals surface area contributed by atoms with Crippen molar-refractivity contribution in [2.45, 2.75) is 25.8 Å². The average Bonchev–Trinajstić information content (AvgIpc) is 2.35. The minimum absolute atomic E-state index is 0.0658. The number of carbonyl (C=O) groups is 1. The van der Waals surface area contributed by atoms with Crippen molar-refractivity contribution >= 4 is 5.91 Å². The quantitative estimate of drug-likeness (QED) is 0.649. The Kier molecular flexibility index (Phi) is 5.30. The van der Waals surface area contributed by atoms with E-state index >= 15 is 0 Å². The molecule has 1 rings (SSSR count). The van der Waals surface area contributed by atoms with Crippen LogP contribution in [0.15, 0.2) is 0 Å². The molecule has 3 N–H and O–H groups in total. The van der Waals surface area contributed by atoms with E-state index in [9.17, 15) is 4.79 Å². The summed E-state index contributed by atoms with van der Waals surface area (Å²) in [6.07, 6.45) is 7.38. The molecule has 0 spiro atoms. The van der Waals surface area contributed by atoms with Gasteiger partial charge in [0.1, 0.15) is 0 Å². The number of nitrogens with zero attached hydrogens (tertiary/aromatic N) is 1. The molecule has 2 unspecified atom stereocenters. The van der Waals surface area contributed by atoms with Crippen LogP contribution in [0.2, 0.25) is 0 Å². The summed E-state index contributed by atoms with van der Waals surface area (Å²) in [5, 5.41) is 2.84. The van der Waals surface area contributed by atoms with E-state index in [-0.39, 0.29) is 17.9 Å². The van der Waals surface area contributed by atoms with E-state index in [0.717, 1.165) is 25.9 Å². The number of terminal acetylenes is 1. The highest BCUT2D eigenvalue weighted by Gasteiger charge is 2.27. The lowest BCUT2D eigenvalue weighted by Gasteiger charge is -2.34. The number of amides is 1. The van der Waals surface area contributed by atoms with E-state index in [4.69, 9.17) is 12.2 Å². The van der Waals surface area contributed by atoms with Crippen LogP contribution < -0.4 is 11.1 Å². The lowest BCUT2D eigenvalue weighted by Crippen LogP contribution is -2.46. The normalized spacial score (nSPS) is 23.4. The third-order valence-electron chi connectivity index (χ3n) is 3.06. The second-order valence-electron chi connectivity index (χ2n) is 4.26. The Morgan fingerprint density at radius 2 is 2.50 bits per heavy atom. The molecule has 0 saturated carbocycles. The van der Waals surface area contributed by atoms with Gasteiger partial charge in [0.25, 0.3) is 0 Å². The van der Waals surface area contributed by atoms with Crippen LogP contribution in [0, 0.1) is 18.3 Å². The van der Waals surface area contributed by atoms with Gasteiger partial charge in [-0.3, -0.25) is 9.69 Å². The first kappa shape index (κ1) is 13.0. The number of likely N-dealkylation sites (tertiary alicyclic amines) is 1. The molecule has 4 heteroatoms. The first-order valence-electron chi connectivity index (χ1n) is 5.87. The van der Waals surface area contributed by atoms with Crippen molar-refractivity contribution in [1.82, 2.24) is 10.2 Å². The number of nitrogens with two attached hydrogens (primary N) is 1. The van der Waals surface area contributed by atoms with Crippen molar-refractivity contribution in [3.63, 3.8) is 0 Å². The molecule has 0 aliphatic carbocycles. The Labute approximate surface area is 97.6 Å². The van der Waals surface area contributed by atoms with Crippen LogP contribution in [0.25, 0.3) is 0 Å². The molecular weight excluding hydrogens is 202 g/mol. The van der Waals surface area contributed by atoms with Gasteiger partial charge in [0, 0.05) is 19.6 Å². The molecular formula is C12H21N3O. The van der Waals surface area contributed by atoms with E-state index in [0.29, 0.717) is 13.1 Å². The standard InChI is InChI=1S/C12H21N3O/c1-3-10(2)15-8-4-5-11(9-15)12(16)14-7-6-13/h1,10-11H,4-9,13H2,2H3,(H,14,16). The topological polar surface area (TPSA) is 58.4 Å². The van der Waals surface area contributed by atoms with Gasteiger partial charge < -0.3 is 11.1 Å². The van der Waals surface area contributed by atoms with E-state index < -0.39 is 0 Å². The predicted molar refractivity (Wildman–Crippen MR) is 64.7 cm³/mol. The molecule has 0 bridgehead atoms. The minimum Gasteiger partial charge on any atom is -0.355 e. The van der Waals surface area contributed by atoms with Crippen LogP contribution >= 0.6 is 0 Å². The Morgan fingerprint density at radius 3 is 3.12 bits per heavy atom. The van der Waals surface area contributed by atoms with E-state index in [2.05, 4.69) is 16.1 Å². The maximum absolute atomic E-state index is 11.8. The van der Waals surface area contributed by atoms with Gasteiger partial charge in [0.05, 0.1) is 12.0 Å². The van der Waals surface area contributed by atoms with Crippen molar-refractivity contribution in [3.8, 4) is 12.3 Å². The molecule has 1 heterocycles. The van der Waals surface area contributed by atoms with Crippen LogP contribution in [0.5, 0.6) is 0 Å². The lowest BCUT2D eigenvalue weighted by molar-refractivity contribution is -0.126. The Morgan fingerprint density at radius 1 is 1.75 bits per heavy atom. The van der Waals surface area contributed by atoms with Crippen LogP contribution in [-0.4, -0.2) is 43.0 Å². The van der Waals surface area contributed by atoms with E-state index in [1.807, 2.05) is 6.92 Å². The van der Waals surface area contributed by atoms with Gasteiger partial charge >= 0.3 is 0 Å². The first-order valence-corrected chi connectivity index (χ1v) is 5.87. The molecule has 1 fully saturated rings. The van der Waals surface area contributed by atoms with Crippen LogP contribution in [0.3, 0.4) is 0 Å². The summed E-state index contributed by atoms with van der Waals surface area (Å²) in [6, 6.07) is 0.116. The summed E-state index contributed by atoms with van der Waals surface area (Å²) in [4.78, 5) is 14.0. The zero-order chi connectivity index (χ0) is 12.0. The molecule has 0 aromatic rings. The van der Waals surface area contributed by atoms with Crippen molar-refractivity contribution in [3.05, 3.63) is 0 Å². The molecule has 4 nitrogen and oxygen atoms in total. The lowest BCUT2D eigenvalue weighted by atomic mass is 9.96. The molecule has 1 aliphatic rings. The molecule has 0 aromatic carbocycles. The number of hydrogen-bond donors (Lipinski definition) is 2. The molecule has 16 heavy (non-hydrogen) atoms. The Balaban J connectivity index is 2.44. The molecule has 90 valence electrons.